The summed E-state index contributed by atoms with van der Waals surface area (Å²) in [6.07, 6.45) is 1.39. The molecule has 1 aliphatic rings. The Morgan fingerprint density at radius 1 is 1.19 bits per heavy atom. The second-order valence-corrected chi connectivity index (χ2v) is 6.69. The number of carbonyl (C=O) groups excluding carboxylic acids is 1. The molecular formula is C20H18ClN3O3. The highest BCUT2D eigenvalue weighted by molar-refractivity contribution is 6.33. The van der Waals surface area contributed by atoms with Crippen molar-refractivity contribution in [2.45, 2.75) is 25.3 Å². The van der Waals surface area contributed by atoms with E-state index in [1.165, 1.54) is 0 Å². The van der Waals surface area contributed by atoms with Gasteiger partial charge >= 0.3 is 0 Å². The minimum atomic E-state index is -0.0609. The van der Waals surface area contributed by atoms with Crippen LogP contribution in [0.15, 0.2) is 53.1 Å². The number of rotatable bonds is 5. The number of carbonyl (C=O) groups is 1. The van der Waals surface area contributed by atoms with Gasteiger partial charge in [0.25, 0.3) is 0 Å². The highest BCUT2D eigenvalue weighted by atomic mass is 35.5. The number of aromatic nitrogens is 2. The van der Waals surface area contributed by atoms with Crippen molar-refractivity contribution in [2.75, 3.05) is 6.61 Å². The fraction of sp³-hybridized carbons (Fsp3) is 0.250. The van der Waals surface area contributed by atoms with Crippen molar-refractivity contribution >= 4 is 17.5 Å². The molecule has 1 aliphatic heterocycles. The maximum Gasteiger partial charge on any atom is 0.227 e. The quantitative estimate of drug-likeness (QED) is 0.721. The summed E-state index contributed by atoms with van der Waals surface area (Å²) in [6.45, 7) is 0.590. The molecule has 2 heterocycles. The molecule has 1 amide bonds. The van der Waals surface area contributed by atoms with Gasteiger partial charge < -0.3 is 14.6 Å². The summed E-state index contributed by atoms with van der Waals surface area (Å²) in [7, 11) is 0. The van der Waals surface area contributed by atoms with Crippen LogP contribution in [-0.4, -0.2) is 22.7 Å². The number of fused-ring (bicyclic) bond motifs is 1. The average Bonchev–Trinajstić information content (AvgIpc) is 3.16. The monoisotopic (exact) mass is 383 g/mol. The Bertz CT molecular complexity index is 957. The van der Waals surface area contributed by atoms with E-state index >= 15 is 0 Å². The van der Waals surface area contributed by atoms with Crippen LogP contribution in [0.2, 0.25) is 5.02 Å². The van der Waals surface area contributed by atoms with Gasteiger partial charge in [-0.15, -0.1) is 0 Å². The summed E-state index contributed by atoms with van der Waals surface area (Å²) >= 11 is 6.15. The van der Waals surface area contributed by atoms with E-state index < -0.39 is 0 Å². The normalized spacial score (nSPS) is 15.7. The first-order valence-corrected chi connectivity index (χ1v) is 9.17. The highest BCUT2D eigenvalue weighted by Gasteiger charge is 2.22. The SMILES string of the molecule is O=C(CCc1nc(-c2ccccc2Cl)no1)N[C@H]1CCOc2ccccc21. The zero-order chi connectivity index (χ0) is 18.6. The van der Waals surface area contributed by atoms with Crippen LogP contribution < -0.4 is 10.1 Å². The molecule has 7 heteroatoms. The maximum absolute atomic E-state index is 12.4. The number of hydrogen-bond acceptors (Lipinski definition) is 5. The van der Waals surface area contributed by atoms with Gasteiger partial charge in [-0.25, -0.2) is 0 Å². The van der Waals surface area contributed by atoms with Crippen molar-refractivity contribution in [1.29, 1.82) is 0 Å². The number of aryl methyl sites for hydroxylation is 1. The van der Waals surface area contributed by atoms with Crippen molar-refractivity contribution in [1.82, 2.24) is 15.5 Å². The van der Waals surface area contributed by atoms with E-state index in [9.17, 15) is 4.79 Å². The summed E-state index contributed by atoms with van der Waals surface area (Å²) in [6, 6.07) is 15.0. The molecule has 1 atom stereocenters. The average molecular weight is 384 g/mol. The molecule has 27 heavy (non-hydrogen) atoms. The van der Waals surface area contributed by atoms with E-state index in [0.717, 1.165) is 17.7 Å². The fourth-order valence-corrected chi connectivity index (χ4v) is 3.31. The number of halogens is 1. The van der Waals surface area contributed by atoms with Crippen molar-refractivity contribution < 1.29 is 14.1 Å². The number of amides is 1. The lowest BCUT2D eigenvalue weighted by Gasteiger charge is -2.26. The zero-order valence-corrected chi connectivity index (χ0v) is 15.3. The summed E-state index contributed by atoms with van der Waals surface area (Å²) in [5.74, 6) is 1.60. The van der Waals surface area contributed by atoms with Crippen molar-refractivity contribution in [3.8, 4) is 17.1 Å². The highest BCUT2D eigenvalue weighted by Crippen LogP contribution is 2.31. The third-order valence-electron chi connectivity index (χ3n) is 4.44. The van der Waals surface area contributed by atoms with E-state index in [2.05, 4.69) is 15.5 Å². The van der Waals surface area contributed by atoms with Crippen molar-refractivity contribution in [3.05, 3.63) is 65.0 Å². The third-order valence-corrected chi connectivity index (χ3v) is 4.77. The largest absolute Gasteiger partial charge is 0.493 e. The molecule has 0 saturated heterocycles. The molecule has 138 valence electrons. The maximum atomic E-state index is 12.4. The van der Waals surface area contributed by atoms with Gasteiger partial charge in [-0.3, -0.25) is 4.79 Å². The molecule has 0 aliphatic carbocycles. The smallest absolute Gasteiger partial charge is 0.227 e. The minimum absolute atomic E-state index is 0.0381. The number of benzene rings is 2. The number of ether oxygens (including phenoxy) is 1. The first-order valence-electron chi connectivity index (χ1n) is 8.79. The zero-order valence-electron chi connectivity index (χ0n) is 14.5. The van der Waals surface area contributed by atoms with Gasteiger partial charge in [-0.05, 0) is 18.2 Å². The Balaban J connectivity index is 1.36. The van der Waals surface area contributed by atoms with Gasteiger partial charge in [0.15, 0.2) is 0 Å². The topological polar surface area (TPSA) is 77.2 Å². The second kappa shape index (κ2) is 7.80. The summed E-state index contributed by atoms with van der Waals surface area (Å²) in [4.78, 5) is 16.7. The van der Waals surface area contributed by atoms with Crippen molar-refractivity contribution in [3.63, 3.8) is 0 Å². The molecule has 6 nitrogen and oxygen atoms in total. The molecule has 3 aromatic rings. The van der Waals surface area contributed by atoms with Gasteiger partial charge in [0.2, 0.25) is 17.6 Å². The van der Waals surface area contributed by atoms with Gasteiger partial charge in [0.1, 0.15) is 5.75 Å². The van der Waals surface area contributed by atoms with E-state index in [4.69, 9.17) is 20.9 Å². The standard InChI is InChI=1S/C20H18ClN3O3/c21-15-7-3-1-5-13(15)20-23-19(27-24-20)10-9-18(25)22-16-11-12-26-17-8-4-2-6-14(16)17/h1-8,16H,9-12H2,(H,22,25)/t16-/m0/s1. The first-order chi connectivity index (χ1) is 13.2. The summed E-state index contributed by atoms with van der Waals surface area (Å²) in [5, 5.41) is 7.57. The van der Waals surface area contributed by atoms with E-state index in [0.29, 0.717) is 35.3 Å². The molecule has 0 unspecified atom stereocenters. The van der Waals surface area contributed by atoms with E-state index in [1.54, 1.807) is 6.07 Å². The first kappa shape index (κ1) is 17.5. The van der Waals surface area contributed by atoms with Gasteiger partial charge in [0.05, 0.1) is 17.7 Å². The summed E-state index contributed by atoms with van der Waals surface area (Å²) in [5.41, 5.74) is 1.72. The number of nitrogens with one attached hydrogen (secondary N) is 1. The Kier molecular flexibility index (Phi) is 5.07. The molecule has 0 fully saturated rings. The molecule has 0 spiro atoms. The van der Waals surface area contributed by atoms with Crippen LogP contribution in [0.3, 0.4) is 0 Å². The van der Waals surface area contributed by atoms with Crippen LogP contribution in [0, 0.1) is 0 Å². The Hall–Kier alpha value is -2.86. The molecule has 0 bridgehead atoms. The van der Waals surface area contributed by atoms with Crippen LogP contribution in [0.25, 0.3) is 11.4 Å². The van der Waals surface area contributed by atoms with Crippen LogP contribution >= 0.6 is 11.6 Å². The molecule has 0 saturated carbocycles. The minimum Gasteiger partial charge on any atom is -0.493 e. The van der Waals surface area contributed by atoms with E-state index in [-0.39, 0.29) is 18.4 Å². The molecule has 0 radical (unpaired) electrons. The second-order valence-electron chi connectivity index (χ2n) is 6.29. The molecular weight excluding hydrogens is 366 g/mol. The van der Waals surface area contributed by atoms with Crippen LogP contribution in [-0.2, 0) is 11.2 Å². The van der Waals surface area contributed by atoms with Crippen LogP contribution in [0.4, 0.5) is 0 Å². The molecule has 4 rings (SSSR count). The molecule has 1 N–H and O–H groups in total. The lowest BCUT2D eigenvalue weighted by atomic mass is 10.0. The lowest BCUT2D eigenvalue weighted by molar-refractivity contribution is -0.122. The lowest BCUT2D eigenvalue weighted by Crippen LogP contribution is -2.32. The van der Waals surface area contributed by atoms with Gasteiger partial charge in [0, 0.05) is 30.4 Å². The number of para-hydroxylation sites is 1. The third kappa shape index (κ3) is 3.95. The van der Waals surface area contributed by atoms with E-state index in [1.807, 2.05) is 42.5 Å². The van der Waals surface area contributed by atoms with Crippen LogP contribution in [0.1, 0.15) is 30.3 Å². The molecule has 2 aromatic carbocycles. The number of hydrogen-bond donors (Lipinski definition) is 1. The number of nitrogens with zero attached hydrogens (tertiary/aromatic N) is 2. The van der Waals surface area contributed by atoms with Gasteiger partial charge in [-0.2, -0.15) is 4.98 Å². The Morgan fingerprint density at radius 2 is 2.00 bits per heavy atom. The molecule has 1 aromatic heterocycles. The predicted molar refractivity (Wildman–Crippen MR) is 101 cm³/mol. The van der Waals surface area contributed by atoms with Gasteiger partial charge in [-0.1, -0.05) is 47.1 Å². The Morgan fingerprint density at radius 3 is 2.89 bits per heavy atom. The fourth-order valence-electron chi connectivity index (χ4n) is 3.09. The van der Waals surface area contributed by atoms with Crippen LogP contribution in [0.5, 0.6) is 5.75 Å². The summed E-state index contributed by atoms with van der Waals surface area (Å²) < 4.78 is 10.9. The Labute approximate surface area is 161 Å². The van der Waals surface area contributed by atoms with Crippen molar-refractivity contribution in [2.24, 2.45) is 0 Å². The predicted octanol–water partition coefficient (Wildman–Crippen LogP) is 3.96.